The fraction of sp³-hybridized carbons (Fsp3) is 0.125. The molecule has 0 radical (unpaired) electrons. The number of hydrogen-bond donors (Lipinski definition) is 2. The number of halogens is 2. The van der Waals surface area contributed by atoms with Crippen LogP contribution >= 0.6 is 11.6 Å². The van der Waals surface area contributed by atoms with Gasteiger partial charge in [0.2, 0.25) is 5.91 Å². The lowest BCUT2D eigenvalue weighted by Gasteiger charge is -2.29. The summed E-state index contributed by atoms with van der Waals surface area (Å²) in [6, 6.07) is 17.3. The van der Waals surface area contributed by atoms with Gasteiger partial charge in [-0.1, -0.05) is 23.7 Å². The molecular formula is C24H18ClFN4O3. The Morgan fingerprint density at radius 1 is 1.09 bits per heavy atom. The van der Waals surface area contributed by atoms with Crippen molar-refractivity contribution in [2.75, 3.05) is 4.90 Å². The van der Waals surface area contributed by atoms with Crippen molar-refractivity contribution in [3.05, 3.63) is 89.3 Å². The third kappa shape index (κ3) is 3.89. The number of fused-ring (bicyclic) bond motifs is 1. The molecule has 2 amide bonds. The van der Waals surface area contributed by atoms with Gasteiger partial charge in [-0.3, -0.25) is 4.79 Å². The average molecular weight is 465 g/mol. The summed E-state index contributed by atoms with van der Waals surface area (Å²) >= 11 is 6.18. The van der Waals surface area contributed by atoms with Gasteiger partial charge in [-0.25, -0.2) is 13.9 Å². The smallest absolute Gasteiger partial charge is 0.404 e. The number of aromatic nitrogens is 2. The molecule has 0 bridgehead atoms. The zero-order valence-corrected chi connectivity index (χ0v) is 17.9. The molecule has 2 atom stereocenters. The third-order valence-corrected chi connectivity index (χ3v) is 5.96. The lowest BCUT2D eigenvalue weighted by atomic mass is 9.99. The first-order valence-corrected chi connectivity index (χ1v) is 10.6. The molecule has 9 heteroatoms. The first kappa shape index (κ1) is 21.0. The highest BCUT2D eigenvalue weighted by atomic mass is 35.5. The molecule has 2 N–H and O–H groups in total. The van der Waals surface area contributed by atoms with E-state index in [-0.39, 0.29) is 18.1 Å². The van der Waals surface area contributed by atoms with E-state index < -0.39 is 18.2 Å². The van der Waals surface area contributed by atoms with Crippen molar-refractivity contribution in [2.24, 2.45) is 0 Å². The second-order valence-electron chi connectivity index (χ2n) is 7.80. The SMILES string of the molecule is O=C(O)N[C@@H]1CC(=O)N(c2ccc3c(cnn3-c3ccc(F)cc3)c2)[C@H]1c1cccc(Cl)c1. The minimum atomic E-state index is -1.20. The first-order chi connectivity index (χ1) is 15.9. The van der Waals surface area contributed by atoms with Crippen LogP contribution in [0.5, 0.6) is 0 Å². The Balaban J connectivity index is 1.57. The fourth-order valence-corrected chi connectivity index (χ4v) is 4.56. The number of nitrogens with zero attached hydrogens (tertiary/aromatic N) is 3. The predicted octanol–water partition coefficient (Wildman–Crippen LogP) is 4.93. The van der Waals surface area contributed by atoms with Crippen LogP contribution in [-0.2, 0) is 4.79 Å². The van der Waals surface area contributed by atoms with E-state index >= 15 is 0 Å². The van der Waals surface area contributed by atoms with Gasteiger partial charge in [-0.05, 0) is 60.2 Å². The van der Waals surface area contributed by atoms with Gasteiger partial charge < -0.3 is 15.3 Å². The fourth-order valence-electron chi connectivity index (χ4n) is 4.36. The second-order valence-corrected chi connectivity index (χ2v) is 8.24. The number of carbonyl (C=O) groups excluding carboxylic acids is 1. The summed E-state index contributed by atoms with van der Waals surface area (Å²) < 4.78 is 15.0. The average Bonchev–Trinajstić information content (AvgIpc) is 3.34. The summed E-state index contributed by atoms with van der Waals surface area (Å²) in [5.41, 5.74) is 2.84. The molecule has 3 aromatic carbocycles. The third-order valence-electron chi connectivity index (χ3n) is 5.72. The molecule has 1 saturated heterocycles. The number of carboxylic acid groups (broad SMARTS) is 1. The summed E-state index contributed by atoms with van der Waals surface area (Å²) in [6.07, 6.45) is 0.498. The van der Waals surface area contributed by atoms with E-state index in [1.807, 2.05) is 18.2 Å². The Morgan fingerprint density at radius 2 is 1.85 bits per heavy atom. The summed E-state index contributed by atoms with van der Waals surface area (Å²) in [7, 11) is 0. The van der Waals surface area contributed by atoms with Gasteiger partial charge >= 0.3 is 6.09 Å². The number of anilines is 1. The van der Waals surface area contributed by atoms with Crippen LogP contribution in [-0.4, -0.2) is 32.9 Å². The van der Waals surface area contributed by atoms with Gasteiger partial charge in [0, 0.05) is 22.5 Å². The number of rotatable bonds is 4. The monoisotopic (exact) mass is 464 g/mol. The quantitative estimate of drug-likeness (QED) is 0.448. The highest BCUT2D eigenvalue weighted by Gasteiger charge is 2.42. The Labute approximate surface area is 193 Å². The number of benzene rings is 3. The van der Waals surface area contributed by atoms with E-state index in [0.29, 0.717) is 16.4 Å². The Kier molecular flexibility index (Phi) is 5.22. The van der Waals surface area contributed by atoms with Crippen molar-refractivity contribution in [1.29, 1.82) is 0 Å². The molecule has 33 heavy (non-hydrogen) atoms. The topological polar surface area (TPSA) is 87.5 Å². The molecule has 0 unspecified atom stereocenters. The summed E-state index contributed by atoms with van der Waals surface area (Å²) in [5, 5.41) is 17.5. The van der Waals surface area contributed by atoms with Gasteiger partial charge in [0.15, 0.2) is 0 Å². The standard InChI is InChI=1S/C24H18ClFN4O3/c25-16-3-1-2-14(10-16)23-20(28-24(32)33)12-22(31)29(23)19-8-9-21-15(11-19)13-27-30(21)18-6-4-17(26)5-7-18/h1-11,13,20,23,28H,12H2,(H,32,33)/t20-,23+/m1/s1. The van der Waals surface area contributed by atoms with Gasteiger partial charge in [-0.2, -0.15) is 5.10 Å². The van der Waals surface area contributed by atoms with Gasteiger partial charge in [0.1, 0.15) is 5.82 Å². The predicted molar refractivity (Wildman–Crippen MR) is 122 cm³/mol. The van der Waals surface area contributed by atoms with Crippen LogP contribution in [0.1, 0.15) is 18.0 Å². The van der Waals surface area contributed by atoms with E-state index in [9.17, 15) is 19.1 Å². The van der Waals surface area contributed by atoms with Crippen LogP contribution in [0.2, 0.25) is 5.02 Å². The molecule has 0 aliphatic carbocycles. The zero-order valence-electron chi connectivity index (χ0n) is 17.2. The molecule has 1 aliphatic heterocycles. The Morgan fingerprint density at radius 3 is 2.58 bits per heavy atom. The van der Waals surface area contributed by atoms with Gasteiger partial charge in [0.25, 0.3) is 0 Å². The van der Waals surface area contributed by atoms with Crippen LogP contribution < -0.4 is 10.2 Å². The van der Waals surface area contributed by atoms with Crippen LogP contribution in [0, 0.1) is 5.82 Å². The normalized spacial score (nSPS) is 18.1. The highest BCUT2D eigenvalue weighted by molar-refractivity contribution is 6.30. The minimum Gasteiger partial charge on any atom is -0.465 e. The zero-order chi connectivity index (χ0) is 23.1. The van der Waals surface area contributed by atoms with Crippen molar-refractivity contribution in [2.45, 2.75) is 18.5 Å². The molecular weight excluding hydrogens is 447 g/mol. The number of nitrogens with one attached hydrogen (secondary N) is 1. The van der Waals surface area contributed by atoms with Crippen molar-refractivity contribution >= 4 is 40.2 Å². The van der Waals surface area contributed by atoms with Crippen LogP contribution in [0.3, 0.4) is 0 Å². The van der Waals surface area contributed by atoms with E-state index in [1.165, 1.54) is 12.1 Å². The molecule has 166 valence electrons. The lowest BCUT2D eigenvalue weighted by molar-refractivity contribution is -0.117. The molecule has 7 nitrogen and oxygen atoms in total. The molecule has 2 heterocycles. The van der Waals surface area contributed by atoms with Crippen LogP contribution in [0.25, 0.3) is 16.6 Å². The molecule has 1 fully saturated rings. The molecule has 1 aliphatic rings. The second kappa shape index (κ2) is 8.22. The molecule has 0 saturated carbocycles. The van der Waals surface area contributed by atoms with Crippen molar-refractivity contribution in [3.8, 4) is 5.69 Å². The van der Waals surface area contributed by atoms with E-state index in [0.717, 1.165) is 16.5 Å². The summed E-state index contributed by atoms with van der Waals surface area (Å²) in [5.74, 6) is -0.536. The number of hydrogen-bond acceptors (Lipinski definition) is 3. The van der Waals surface area contributed by atoms with Crippen molar-refractivity contribution < 1.29 is 19.1 Å². The van der Waals surface area contributed by atoms with E-state index in [1.54, 1.807) is 52.2 Å². The Bertz CT molecular complexity index is 1370. The van der Waals surface area contributed by atoms with Gasteiger partial charge in [-0.15, -0.1) is 0 Å². The maximum absolute atomic E-state index is 13.3. The highest BCUT2D eigenvalue weighted by Crippen LogP contribution is 2.39. The summed E-state index contributed by atoms with van der Waals surface area (Å²) in [6.45, 7) is 0. The number of carbonyl (C=O) groups is 2. The van der Waals surface area contributed by atoms with Crippen LogP contribution in [0.4, 0.5) is 14.9 Å². The first-order valence-electron chi connectivity index (χ1n) is 10.2. The van der Waals surface area contributed by atoms with E-state index in [4.69, 9.17) is 11.6 Å². The molecule has 5 rings (SSSR count). The maximum atomic E-state index is 13.3. The van der Waals surface area contributed by atoms with Crippen LogP contribution in [0.15, 0.2) is 72.9 Å². The maximum Gasteiger partial charge on any atom is 0.404 e. The van der Waals surface area contributed by atoms with E-state index in [2.05, 4.69) is 10.4 Å². The molecule has 4 aromatic rings. The Hall–Kier alpha value is -3.91. The lowest BCUT2D eigenvalue weighted by Crippen LogP contribution is -2.39. The molecule has 1 aromatic heterocycles. The molecule has 0 spiro atoms. The van der Waals surface area contributed by atoms with Crippen molar-refractivity contribution in [1.82, 2.24) is 15.1 Å². The minimum absolute atomic E-state index is 0.0242. The van der Waals surface area contributed by atoms with Crippen molar-refractivity contribution in [3.63, 3.8) is 0 Å². The number of amides is 2. The summed E-state index contributed by atoms with van der Waals surface area (Å²) in [4.78, 5) is 26.0. The largest absolute Gasteiger partial charge is 0.465 e. The van der Waals surface area contributed by atoms with Gasteiger partial charge in [0.05, 0.1) is 29.5 Å².